The lowest BCUT2D eigenvalue weighted by Crippen LogP contribution is -2.16. The molecule has 27 heavy (non-hydrogen) atoms. The number of nitrogens with zero attached hydrogens (tertiary/aromatic N) is 3. The molecule has 134 valence electrons. The molecule has 3 rings (SSSR count). The first-order valence-corrected chi connectivity index (χ1v) is 8.57. The number of carbonyl (C=O) groups excluding carboxylic acids is 1. The van der Waals surface area contributed by atoms with Gasteiger partial charge in [-0.15, -0.1) is 0 Å². The fraction of sp³-hybridized carbons (Fsp3) is 0.100. The normalized spacial score (nSPS) is 10.1. The molecule has 0 saturated heterocycles. The zero-order chi connectivity index (χ0) is 19.2. The molecular formula is C20H16ClN5O. The van der Waals surface area contributed by atoms with Crippen LogP contribution >= 0.6 is 11.6 Å². The van der Waals surface area contributed by atoms with E-state index in [9.17, 15) is 4.79 Å². The molecule has 2 N–H and O–H groups in total. The summed E-state index contributed by atoms with van der Waals surface area (Å²) in [7, 11) is 0. The Bertz CT molecular complexity index is 1010. The van der Waals surface area contributed by atoms with Crippen LogP contribution in [0.1, 0.15) is 27.4 Å². The van der Waals surface area contributed by atoms with Crippen LogP contribution in [0.3, 0.4) is 0 Å². The van der Waals surface area contributed by atoms with E-state index in [0.29, 0.717) is 34.5 Å². The number of hydrogen-bond donors (Lipinski definition) is 2. The van der Waals surface area contributed by atoms with Crippen LogP contribution < -0.4 is 10.6 Å². The van der Waals surface area contributed by atoms with Crippen molar-refractivity contribution in [3.8, 4) is 6.07 Å². The Morgan fingerprint density at radius 1 is 1.15 bits per heavy atom. The number of nitriles is 1. The molecule has 0 bridgehead atoms. The van der Waals surface area contributed by atoms with E-state index in [1.165, 1.54) is 0 Å². The van der Waals surface area contributed by atoms with Gasteiger partial charge in [0.2, 0.25) is 0 Å². The van der Waals surface area contributed by atoms with Gasteiger partial charge in [-0.3, -0.25) is 4.79 Å². The van der Waals surface area contributed by atoms with Gasteiger partial charge >= 0.3 is 0 Å². The van der Waals surface area contributed by atoms with Crippen LogP contribution in [0.4, 0.5) is 11.5 Å². The summed E-state index contributed by atoms with van der Waals surface area (Å²) < 4.78 is 0. The Kier molecular flexibility index (Phi) is 5.64. The van der Waals surface area contributed by atoms with Crippen molar-refractivity contribution in [2.45, 2.75) is 13.5 Å². The summed E-state index contributed by atoms with van der Waals surface area (Å²) in [6.45, 7) is 2.26. The van der Waals surface area contributed by atoms with Crippen LogP contribution in [0.2, 0.25) is 5.02 Å². The SMILES string of the molecule is Cc1nc(NCc2ccc(Cl)cc2)cc(C(=O)Nc2cccc(C#N)c2)n1. The summed E-state index contributed by atoms with van der Waals surface area (Å²) in [5, 5.41) is 15.6. The second-order valence-electron chi connectivity index (χ2n) is 5.81. The summed E-state index contributed by atoms with van der Waals surface area (Å²) >= 11 is 5.89. The fourth-order valence-corrected chi connectivity index (χ4v) is 2.56. The Hall–Kier alpha value is -3.43. The average Bonchev–Trinajstić information content (AvgIpc) is 2.67. The first-order chi connectivity index (χ1) is 13.0. The smallest absolute Gasteiger partial charge is 0.274 e. The maximum Gasteiger partial charge on any atom is 0.274 e. The van der Waals surface area contributed by atoms with E-state index in [2.05, 4.69) is 20.6 Å². The minimum Gasteiger partial charge on any atom is -0.366 e. The molecular weight excluding hydrogens is 362 g/mol. The number of halogens is 1. The molecule has 7 heteroatoms. The molecule has 0 spiro atoms. The minimum atomic E-state index is -0.370. The molecule has 1 heterocycles. The largest absolute Gasteiger partial charge is 0.366 e. The maximum atomic E-state index is 12.5. The Labute approximate surface area is 161 Å². The van der Waals surface area contributed by atoms with Gasteiger partial charge in [-0.1, -0.05) is 29.8 Å². The highest BCUT2D eigenvalue weighted by Gasteiger charge is 2.11. The lowest BCUT2D eigenvalue weighted by molar-refractivity contribution is 0.102. The van der Waals surface area contributed by atoms with Gasteiger partial charge in [-0.25, -0.2) is 9.97 Å². The second-order valence-corrected chi connectivity index (χ2v) is 6.25. The molecule has 2 aromatic carbocycles. The maximum absolute atomic E-state index is 12.5. The van der Waals surface area contributed by atoms with Crippen molar-refractivity contribution in [1.29, 1.82) is 5.26 Å². The number of aromatic nitrogens is 2. The van der Waals surface area contributed by atoms with Crippen molar-refractivity contribution < 1.29 is 4.79 Å². The topological polar surface area (TPSA) is 90.7 Å². The highest BCUT2D eigenvalue weighted by Crippen LogP contribution is 2.14. The molecule has 0 radical (unpaired) electrons. The van der Waals surface area contributed by atoms with Gasteiger partial charge in [0.1, 0.15) is 17.3 Å². The van der Waals surface area contributed by atoms with Crippen LogP contribution in [0.15, 0.2) is 54.6 Å². The van der Waals surface area contributed by atoms with E-state index >= 15 is 0 Å². The monoisotopic (exact) mass is 377 g/mol. The average molecular weight is 378 g/mol. The quantitative estimate of drug-likeness (QED) is 0.696. The standard InChI is InChI=1S/C20H16ClN5O/c1-13-24-18(20(27)26-17-4-2-3-15(9-17)11-22)10-19(25-13)23-12-14-5-7-16(21)8-6-14/h2-10H,12H2,1H3,(H,26,27)(H,23,24,25). The number of benzene rings is 2. The van der Waals surface area contributed by atoms with Crippen molar-refractivity contribution in [3.63, 3.8) is 0 Å². The molecule has 0 atom stereocenters. The summed E-state index contributed by atoms with van der Waals surface area (Å²) in [5.74, 6) is 0.658. The van der Waals surface area contributed by atoms with Gasteiger partial charge in [0.25, 0.3) is 5.91 Å². The van der Waals surface area contributed by atoms with Crippen molar-refractivity contribution in [2.75, 3.05) is 10.6 Å². The Balaban J connectivity index is 1.72. The predicted molar refractivity (Wildman–Crippen MR) is 105 cm³/mol. The molecule has 0 aliphatic carbocycles. The zero-order valence-corrected chi connectivity index (χ0v) is 15.3. The van der Waals surface area contributed by atoms with Crippen LogP contribution in [0.5, 0.6) is 0 Å². The summed E-state index contributed by atoms with van der Waals surface area (Å²) in [4.78, 5) is 21.0. The molecule has 0 aliphatic heterocycles. The highest BCUT2D eigenvalue weighted by atomic mass is 35.5. The molecule has 6 nitrogen and oxygen atoms in total. The Morgan fingerprint density at radius 3 is 2.67 bits per heavy atom. The first-order valence-electron chi connectivity index (χ1n) is 8.19. The van der Waals surface area contributed by atoms with Crippen LogP contribution in [-0.4, -0.2) is 15.9 Å². The number of carbonyl (C=O) groups is 1. The van der Waals surface area contributed by atoms with Gasteiger partial charge in [0.15, 0.2) is 0 Å². The van der Waals surface area contributed by atoms with E-state index in [0.717, 1.165) is 5.56 Å². The summed E-state index contributed by atoms with van der Waals surface area (Å²) in [6.07, 6.45) is 0. The van der Waals surface area contributed by atoms with Crippen molar-refractivity contribution >= 4 is 29.0 Å². The second kappa shape index (κ2) is 8.30. The third-order valence-corrected chi connectivity index (χ3v) is 3.96. The van der Waals surface area contributed by atoms with Crippen molar-refractivity contribution in [3.05, 3.63) is 82.3 Å². The summed E-state index contributed by atoms with van der Waals surface area (Å²) in [5.41, 5.74) is 2.28. The fourth-order valence-electron chi connectivity index (χ4n) is 2.43. The predicted octanol–water partition coefficient (Wildman–Crippen LogP) is 4.17. The number of aryl methyl sites for hydroxylation is 1. The van der Waals surface area contributed by atoms with E-state index in [1.807, 2.05) is 30.3 Å². The third kappa shape index (κ3) is 5.03. The van der Waals surface area contributed by atoms with Gasteiger partial charge < -0.3 is 10.6 Å². The van der Waals surface area contributed by atoms with Gasteiger partial charge in [0, 0.05) is 23.3 Å². The van der Waals surface area contributed by atoms with Crippen LogP contribution in [-0.2, 0) is 6.54 Å². The number of rotatable bonds is 5. The van der Waals surface area contributed by atoms with Gasteiger partial charge in [-0.05, 0) is 42.8 Å². The number of anilines is 2. The Morgan fingerprint density at radius 2 is 1.93 bits per heavy atom. The molecule has 1 amide bonds. The van der Waals surface area contributed by atoms with Gasteiger partial charge in [0.05, 0.1) is 11.6 Å². The number of nitrogens with one attached hydrogen (secondary N) is 2. The van der Waals surface area contributed by atoms with E-state index in [1.54, 1.807) is 37.3 Å². The van der Waals surface area contributed by atoms with Crippen LogP contribution in [0.25, 0.3) is 0 Å². The lowest BCUT2D eigenvalue weighted by atomic mass is 10.2. The first kappa shape index (κ1) is 18.4. The third-order valence-electron chi connectivity index (χ3n) is 3.71. The molecule has 0 fully saturated rings. The van der Waals surface area contributed by atoms with Gasteiger partial charge in [-0.2, -0.15) is 5.26 Å². The molecule has 3 aromatic rings. The molecule has 0 unspecified atom stereocenters. The minimum absolute atomic E-state index is 0.239. The number of hydrogen-bond acceptors (Lipinski definition) is 5. The van der Waals surface area contributed by atoms with Crippen LogP contribution in [0, 0.1) is 18.3 Å². The van der Waals surface area contributed by atoms with E-state index in [4.69, 9.17) is 16.9 Å². The lowest BCUT2D eigenvalue weighted by Gasteiger charge is -2.09. The molecule has 0 saturated carbocycles. The summed E-state index contributed by atoms with van der Waals surface area (Å²) in [6, 6.07) is 17.8. The van der Waals surface area contributed by atoms with E-state index in [-0.39, 0.29) is 11.6 Å². The molecule has 0 aliphatic rings. The molecule has 1 aromatic heterocycles. The van der Waals surface area contributed by atoms with Crippen molar-refractivity contribution in [1.82, 2.24) is 9.97 Å². The van der Waals surface area contributed by atoms with Crippen molar-refractivity contribution in [2.24, 2.45) is 0 Å². The number of amides is 1. The highest BCUT2D eigenvalue weighted by molar-refractivity contribution is 6.30. The van der Waals surface area contributed by atoms with E-state index < -0.39 is 0 Å². The zero-order valence-electron chi connectivity index (χ0n) is 14.5.